The lowest BCUT2D eigenvalue weighted by Crippen LogP contribution is -2.50. The lowest BCUT2D eigenvalue weighted by Gasteiger charge is -2.32. The van der Waals surface area contributed by atoms with Crippen LogP contribution in [0.1, 0.15) is 30.9 Å². The van der Waals surface area contributed by atoms with Gasteiger partial charge in [-0.25, -0.2) is 8.42 Å². The molecule has 39 heavy (non-hydrogen) atoms. The highest BCUT2D eigenvalue weighted by atomic mass is 79.9. The molecular formula is C29H33BrClN3O4S. The highest BCUT2D eigenvalue weighted by Crippen LogP contribution is 2.22. The van der Waals surface area contributed by atoms with Gasteiger partial charge in [-0.1, -0.05) is 70.0 Å². The van der Waals surface area contributed by atoms with Gasteiger partial charge in [0.15, 0.2) is 0 Å². The third-order valence-corrected chi connectivity index (χ3v) is 8.13. The molecule has 3 aromatic carbocycles. The number of amides is 2. The first-order valence-electron chi connectivity index (χ1n) is 12.7. The van der Waals surface area contributed by atoms with Crippen molar-refractivity contribution in [1.29, 1.82) is 0 Å². The van der Waals surface area contributed by atoms with Crippen LogP contribution in [-0.2, 0) is 32.6 Å². The maximum absolute atomic E-state index is 13.7. The van der Waals surface area contributed by atoms with Crippen LogP contribution in [0.5, 0.6) is 0 Å². The van der Waals surface area contributed by atoms with Crippen molar-refractivity contribution in [1.82, 2.24) is 10.2 Å². The number of carbonyl (C=O) groups is 2. The molecule has 0 spiro atoms. The first-order chi connectivity index (χ1) is 18.6. The fourth-order valence-electron chi connectivity index (χ4n) is 4.24. The Morgan fingerprint density at radius 2 is 1.59 bits per heavy atom. The van der Waals surface area contributed by atoms with Crippen LogP contribution in [-0.4, -0.2) is 50.5 Å². The van der Waals surface area contributed by atoms with Gasteiger partial charge >= 0.3 is 0 Å². The molecule has 3 rings (SSSR count). The van der Waals surface area contributed by atoms with Gasteiger partial charge in [-0.15, -0.1) is 0 Å². The standard InChI is InChI=1S/C29H33BrClN3O4S/c1-3-32-29(36)27(20-22-8-5-4-6-9-22)33(21-23-11-13-24(30)14-12-23)28(35)10-7-19-34(39(2,37)38)26-17-15-25(31)16-18-26/h4-6,8-9,11-18,27H,3,7,10,19-21H2,1-2H3,(H,32,36). The molecule has 0 aliphatic carbocycles. The summed E-state index contributed by atoms with van der Waals surface area (Å²) in [7, 11) is -3.58. The number of likely N-dealkylation sites (N-methyl/N-ethyl adjacent to an activating group) is 1. The summed E-state index contributed by atoms with van der Waals surface area (Å²) in [6.07, 6.45) is 1.84. The molecule has 7 nitrogen and oxygen atoms in total. The maximum Gasteiger partial charge on any atom is 0.243 e. The molecule has 1 atom stereocenters. The number of rotatable bonds is 13. The van der Waals surface area contributed by atoms with Crippen molar-refractivity contribution in [2.45, 2.75) is 38.8 Å². The third kappa shape index (κ3) is 9.37. The number of carbonyl (C=O) groups excluding carboxylic acids is 2. The Morgan fingerprint density at radius 3 is 2.18 bits per heavy atom. The van der Waals surface area contributed by atoms with E-state index < -0.39 is 16.1 Å². The average molecular weight is 635 g/mol. The molecule has 0 saturated heterocycles. The summed E-state index contributed by atoms with van der Waals surface area (Å²) in [5.41, 5.74) is 2.30. The molecule has 0 radical (unpaired) electrons. The molecule has 0 aliphatic heterocycles. The quantitative estimate of drug-likeness (QED) is 0.272. The second-order valence-electron chi connectivity index (χ2n) is 9.16. The summed E-state index contributed by atoms with van der Waals surface area (Å²) in [4.78, 5) is 28.6. The van der Waals surface area contributed by atoms with Crippen molar-refractivity contribution in [3.63, 3.8) is 0 Å². The monoisotopic (exact) mass is 633 g/mol. The zero-order chi connectivity index (χ0) is 28.4. The summed E-state index contributed by atoms with van der Waals surface area (Å²) < 4.78 is 27.2. The molecule has 0 saturated carbocycles. The Kier molecular flexibility index (Phi) is 11.4. The Bertz CT molecular complexity index is 1340. The number of anilines is 1. The molecule has 10 heteroatoms. The molecule has 0 aliphatic rings. The van der Waals surface area contributed by atoms with Gasteiger partial charge in [-0.2, -0.15) is 0 Å². The molecule has 0 bridgehead atoms. The van der Waals surface area contributed by atoms with Crippen molar-refractivity contribution in [2.75, 3.05) is 23.7 Å². The molecule has 2 amide bonds. The summed E-state index contributed by atoms with van der Waals surface area (Å²) in [5.74, 6) is -0.458. The van der Waals surface area contributed by atoms with E-state index in [9.17, 15) is 18.0 Å². The van der Waals surface area contributed by atoms with E-state index in [-0.39, 0.29) is 37.7 Å². The molecule has 0 heterocycles. The largest absolute Gasteiger partial charge is 0.355 e. The van der Waals surface area contributed by atoms with Crippen molar-refractivity contribution in [3.8, 4) is 0 Å². The number of hydrogen-bond acceptors (Lipinski definition) is 4. The second-order valence-corrected chi connectivity index (χ2v) is 12.4. The number of nitrogens with one attached hydrogen (secondary N) is 1. The molecule has 1 unspecified atom stereocenters. The molecule has 0 aromatic heterocycles. The average Bonchev–Trinajstić information content (AvgIpc) is 2.90. The van der Waals surface area contributed by atoms with E-state index in [1.165, 1.54) is 4.31 Å². The van der Waals surface area contributed by atoms with Crippen LogP contribution >= 0.6 is 27.5 Å². The predicted molar refractivity (Wildman–Crippen MR) is 160 cm³/mol. The Labute approximate surface area is 244 Å². The van der Waals surface area contributed by atoms with Crippen LogP contribution < -0.4 is 9.62 Å². The second kappa shape index (κ2) is 14.5. The van der Waals surface area contributed by atoms with E-state index in [1.54, 1.807) is 29.2 Å². The van der Waals surface area contributed by atoms with Crippen LogP contribution in [0.2, 0.25) is 5.02 Å². The van der Waals surface area contributed by atoms with Crippen molar-refractivity contribution < 1.29 is 18.0 Å². The van der Waals surface area contributed by atoms with E-state index >= 15 is 0 Å². The molecule has 1 N–H and O–H groups in total. The first-order valence-corrected chi connectivity index (χ1v) is 15.7. The van der Waals surface area contributed by atoms with Crippen LogP contribution in [0.4, 0.5) is 5.69 Å². The molecule has 0 fully saturated rings. The summed E-state index contributed by atoms with van der Waals surface area (Å²) in [5, 5.41) is 3.38. The van der Waals surface area contributed by atoms with Gasteiger partial charge < -0.3 is 10.2 Å². The topological polar surface area (TPSA) is 86.8 Å². The van der Waals surface area contributed by atoms with Crippen LogP contribution in [0, 0.1) is 0 Å². The van der Waals surface area contributed by atoms with Gasteiger partial charge in [0.25, 0.3) is 0 Å². The van der Waals surface area contributed by atoms with Gasteiger partial charge in [0.1, 0.15) is 6.04 Å². The SMILES string of the molecule is CCNC(=O)C(Cc1ccccc1)N(Cc1ccc(Br)cc1)C(=O)CCCN(c1ccc(Cl)cc1)S(C)(=O)=O. The van der Waals surface area contributed by atoms with Gasteiger partial charge in [0.2, 0.25) is 21.8 Å². The number of hydrogen-bond donors (Lipinski definition) is 1. The zero-order valence-electron chi connectivity index (χ0n) is 22.0. The van der Waals surface area contributed by atoms with E-state index in [4.69, 9.17) is 11.6 Å². The Morgan fingerprint density at radius 1 is 0.949 bits per heavy atom. The predicted octanol–water partition coefficient (Wildman–Crippen LogP) is 5.42. The van der Waals surface area contributed by atoms with Gasteiger partial charge in [-0.3, -0.25) is 13.9 Å². The maximum atomic E-state index is 13.7. The number of nitrogens with zero attached hydrogens (tertiary/aromatic N) is 2. The Balaban J connectivity index is 1.85. The van der Waals surface area contributed by atoms with Crippen LogP contribution in [0.25, 0.3) is 0 Å². The lowest BCUT2D eigenvalue weighted by atomic mass is 10.0. The highest BCUT2D eigenvalue weighted by Gasteiger charge is 2.30. The molecule has 3 aromatic rings. The minimum atomic E-state index is -3.58. The normalized spacial score (nSPS) is 12.0. The Hall–Kier alpha value is -2.88. The highest BCUT2D eigenvalue weighted by molar-refractivity contribution is 9.10. The molecular weight excluding hydrogens is 602 g/mol. The van der Waals surface area contributed by atoms with Crippen molar-refractivity contribution in [3.05, 3.63) is 99.5 Å². The van der Waals surface area contributed by atoms with Crippen LogP contribution in [0.15, 0.2) is 83.3 Å². The van der Waals surface area contributed by atoms with Crippen molar-refractivity contribution in [2.24, 2.45) is 0 Å². The minimum Gasteiger partial charge on any atom is -0.355 e. The van der Waals surface area contributed by atoms with Gasteiger partial charge in [0, 0.05) is 42.0 Å². The minimum absolute atomic E-state index is 0.0703. The summed E-state index contributed by atoms with van der Waals surface area (Å²) in [6, 6.07) is 23.0. The zero-order valence-corrected chi connectivity index (χ0v) is 25.2. The fraction of sp³-hybridized carbons (Fsp3) is 0.310. The molecule has 208 valence electrons. The summed E-state index contributed by atoms with van der Waals surface area (Å²) >= 11 is 9.41. The number of sulfonamides is 1. The van der Waals surface area contributed by atoms with Crippen molar-refractivity contribution >= 4 is 55.1 Å². The third-order valence-electron chi connectivity index (χ3n) is 6.16. The smallest absolute Gasteiger partial charge is 0.243 e. The van der Waals surface area contributed by atoms with E-state index in [2.05, 4.69) is 21.2 Å². The van der Waals surface area contributed by atoms with Gasteiger partial charge in [-0.05, 0) is 60.9 Å². The van der Waals surface area contributed by atoms with E-state index in [1.807, 2.05) is 61.5 Å². The van der Waals surface area contributed by atoms with E-state index in [0.717, 1.165) is 21.9 Å². The number of halogens is 2. The lowest BCUT2D eigenvalue weighted by molar-refractivity contribution is -0.141. The summed E-state index contributed by atoms with van der Waals surface area (Å²) in [6.45, 7) is 2.64. The fourth-order valence-corrected chi connectivity index (χ4v) is 5.60. The first kappa shape index (κ1) is 30.7. The number of benzene rings is 3. The van der Waals surface area contributed by atoms with Crippen LogP contribution in [0.3, 0.4) is 0 Å². The van der Waals surface area contributed by atoms with Gasteiger partial charge in [0.05, 0.1) is 11.9 Å². The van der Waals surface area contributed by atoms with E-state index in [0.29, 0.717) is 23.7 Å².